The van der Waals surface area contributed by atoms with Crippen LogP contribution in [0.25, 0.3) is 22.3 Å². The van der Waals surface area contributed by atoms with Gasteiger partial charge in [0, 0.05) is 47.9 Å². The number of hydrogen-bond donors (Lipinski definition) is 1. The summed E-state index contributed by atoms with van der Waals surface area (Å²) in [6.07, 6.45) is 3.64. The van der Waals surface area contributed by atoms with Gasteiger partial charge in [-0.25, -0.2) is 14.8 Å². The van der Waals surface area contributed by atoms with Crippen molar-refractivity contribution >= 4 is 44.4 Å². The van der Waals surface area contributed by atoms with E-state index in [0.29, 0.717) is 45.3 Å². The summed E-state index contributed by atoms with van der Waals surface area (Å²) in [4.78, 5) is 27.6. The van der Waals surface area contributed by atoms with E-state index in [1.54, 1.807) is 65.6 Å². The first-order chi connectivity index (χ1) is 19.8. The molecule has 0 spiro atoms. The molecule has 0 atom stereocenters. The predicted molar refractivity (Wildman–Crippen MR) is 160 cm³/mol. The Morgan fingerprint density at radius 2 is 1.62 bits per heavy atom. The summed E-state index contributed by atoms with van der Waals surface area (Å²) >= 11 is 0. The first-order valence-corrected chi connectivity index (χ1v) is 14.7. The van der Waals surface area contributed by atoms with Gasteiger partial charge in [-0.15, -0.1) is 0 Å². The molecule has 0 saturated carbocycles. The first-order valence-electron chi connectivity index (χ1n) is 12.9. The van der Waals surface area contributed by atoms with E-state index in [0.717, 1.165) is 11.9 Å². The van der Waals surface area contributed by atoms with Gasteiger partial charge in [-0.05, 0) is 51.1 Å². The fourth-order valence-corrected chi connectivity index (χ4v) is 4.35. The van der Waals surface area contributed by atoms with Crippen LogP contribution in [-0.4, -0.2) is 68.7 Å². The van der Waals surface area contributed by atoms with Crippen LogP contribution in [-0.2, 0) is 19.0 Å². The second-order valence-electron chi connectivity index (χ2n) is 10.2. The zero-order valence-corrected chi connectivity index (χ0v) is 25.1. The lowest BCUT2D eigenvalue weighted by Gasteiger charge is -2.26. The van der Waals surface area contributed by atoms with Gasteiger partial charge in [-0.2, -0.15) is 8.42 Å². The number of pyridine rings is 1. The van der Waals surface area contributed by atoms with Crippen molar-refractivity contribution in [2.75, 3.05) is 43.8 Å². The van der Waals surface area contributed by atoms with Crippen molar-refractivity contribution in [1.82, 2.24) is 15.0 Å². The van der Waals surface area contributed by atoms with Crippen molar-refractivity contribution in [2.24, 2.45) is 0 Å². The van der Waals surface area contributed by atoms with Crippen LogP contribution in [0.5, 0.6) is 11.5 Å². The van der Waals surface area contributed by atoms with E-state index in [1.165, 1.54) is 0 Å². The summed E-state index contributed by atoms with van der Waals surface area (Å²) in [5, 5.41) is 2.60. The zero-order chi connectivity index (χ0) is 30.5. The third-order valence-electron chi connectivity index (χ3n) is 5.79. The Balaban J connectivity index is 1.65. The number of fused-ring (bicyclic) bond motifs is 1. The fraction of sp³-hybridized carbons (Fsp3) is 0.310. The third-order valence-corrected chi connectivity index (χ3v) is 6.38. The van der Waals surface area contributed by atoms with Gasteiger partial charge >= 0.3 is 6.09 Å². The largest absolute Gasteiger partial charge is 0.497 e. The third kappa shape index (κ3) is 8.27. The molecule has 0 aliphatic heterocycles. The fourth-order valence-electron chi connectivity index (χ4n) is 3.97. The van der Waals surface area contributed by atoms with Gasteiger partial charge < -0.3 is 19.1 Å². The number of amides is 1. The molecule has 0 unspecified atom stereocenters. The molecule has 13 heteroatoms. The predicted octanol–water partition coefficient (Wildman–Crippen LogP) is 5.17. The molecule has 2 aromatic carbocycles. The maximum atomic E-state index is 12.1. The molecule has 4 rings (SSSR count). The second kappa shape index (κ2) is 12.6. The standard InChI is InChI=1S/C29H33N5O7S/c1-29(2,3)41-28(35)33-27-10-7-19(17-31-27)26-18-30-24-9-8-20(15-25(24)32-26)34(11-12-40-42(6,36)37)21-13-22(38-4)16-23(14-21)39-5/h7-10,13-18H,11-12H2,1-6H3,(H,31,33,35). The van der Waals surface area contributed by atoms with Gasteiger partial charge in [0.2, 0.25) is 0 Å². The van der Waals surface area contributed by atoms with E-state index < -0.39 is 21.8 Å². The van der Waals surface area contributed by atoms with E-state index in [1.807, 2.05) is 35.2 Å². The van der Waals surface area contributed by atoms with Gasteiger partial charge in [0.25, 0.3) is 10.1 Å². The molecule has 0 aliphatic carbocycles. The van der Waals surface area contributed by atoms with E-state index in [2.05, 4.69) is 15.3 Å². The highest BCUT2D eigenvalue weighted by Crippen LogP contribution is 2.34. The van der Waals surface area contributed by atoms with Gasteiger partial charge in [-0.1, -0.05) is 0 Å². The number of nitrogens with one attached hydrogen (secondary N) is 1. The molecule has 0 bridgehead atoms. The van der Waals surface area contributed by atoms with Crippen LogP contribution < -0.4 is 19.7 Å². The number of hydrogen-bond acceptors (Lipinski definition) is 11. The summed E-state index contributed by atoms with van der Waals surface area (Å²) in [6, 6.07) is 14.3. The van der Waals surface area contributed by atoms with Crippen LogP contribution in [0.2, 0.25) is 0 Å². The SMILES string of the molecule is COc1cc(OC)cc(N(CCOS(C)(=O)=O)c2ccc3ncc(-c4ccc(NC(=O)OC(C)(C)C)nc4)nc3c2)c1. The summed E-state index contributed by atoms with van der Waals surface area (Å²) in [5.74, 6) is 1.47. The van der Waals surface area contributed by atoms with Crippen LogP contribution in [0.15, 0.2) is 60.9 Å². The highest BCUT2D eigenvalue weighted by molar-refractivity contribution is 7.85. The topological polar surface area (TPSA) is 142 Å². The number of nitrogens with zero attached hydrogens (tertiary/aromatic N) is 4. The maximum absolute atomic E-state index is 12.1. The Morgan fingerprint density at radius 1 is 0.905 bits per heavy atom. The molecule has 42 heavy (non-hydrogen) atoms. The van der Waals surface area contributed by atoms with Crippen LogP contribution in [0, 0.1) is 0 Å². The van der Waals surface area contributed by atoms with Gasteiger partial charge in [0.1, 0.15) is 22.9 Å². The highest BCUT2D eigenvalue weighted by atomic mass is 32.2. The normalized spacial score (nSPS) is 11.7. The Hall–Kier alpha value is -4.49. The highest BCUT2D eigenvalue weighted by Gasteiger charge is 2.18. The van der Waals surface area contributed by atoms with Crippen LogP contribution in [0.3, 0.4) is 0 Å². The Kier molecular flexibility index (Phi) is 9.12. The van der Waals surface area contributed by atoms with Crippen molar-refractivity contribution in [3.8, 4) is 22.8 Å². The second-order valence-corrected chi connectivity index (χ2v) is 11.9. The van der Waals surface area contributed by atoms with E-state index >= 15 is 0 Å². The van der Waals surface area contributed by atoms with Crippen molar-refractivity contribution in [3.05, 3.63) is 60.9 Å². The van der Waals surface area contributed by atoms with Gasteiger partial charge in [0.05, 0.1) is 50.0 Å². The lowest BCUT2D eigenvalue weighted by atomic mass is 10.1. The average Bonchev–Trinajstić information content (AvgIpc) is 2.93. The van der Waals surface area contributed by atoms with Crippen molar-refractivity contribution in [3.63, 3.8) is 0 Å². The quantitative estimate of drug-likeness (QED) is 0.243. The molecule has 0 radical (unpaired) electrons. The molecule has 1 amide bonds. The number of methoxy groups -OCH3 is 2. The Bertz CT molecular complexity index is 1650. The lowest BCUT2D eigenvalue weighted by molar-refractivity contribution is 0.0635. The van der Waals surface area contributed by atoms with Crippen LogP contribution in [0.1, 0.15) is 20.8 Å². The molecule has 0 fully saturated rings. The Morgan fingerprint density at radius 3 is 2.21 bits per heavy atom. The van der Waals surface area contributed by atoms with Crippen LogP contribution in [0.4, 0.5) is 22.0 Å². The lowest BCUT2D eigenvalue weighted by Crippen LogP contribution is -2.27. The number of ether oxygens (including phenoxy) is 3. The zero-order valence-electron chi connectivity index (χ0n) is 24.2. The van der Waals surface area contributed by atoms with E-state index in [-0.39, 0.29) is 13.2 Å². The number of rotatable bonds is 10. The maximum Gasteiger partial charge on any atom is 0.413 e. The molecule has 12 nitrogen and oxygen atoms in total. The van der Waals surface area contributed by atoms with Gasteiger partial charge in [0.15, 0.2) is 0 Å². The molecule has 2 heterocycles. The molecule has 0 saturated heterocycles. The molecular weight excluding hydrogens is 562 g/mol. The number of carbonyl (C=O) groups excluding carboxylic acids is 1. The van der Waals surface area contributed by atoms with Crippen molar-refractivity contribution in [2.45, 2.75) is 26.4 Å². The van der Waals surface area contributed by atoms with Crippen molar-refractivity contribution in [1.29, 1.82) is 0 Å². The van der Waals surface area contributed by atoms with Gasteiger partial charge in [-0.3, -0.25) is 14.5 Å². The summed E-state index contributed by atoms with van der Waals surface area (Å²) in [6.45, 7) is 5.46. The van der Waals surface area contributed by atoms with Crippen molar-refractivity contribution < 1.29 is 31.6 Å². The molecule has 4 aromatic rings. The first kappa shape index (κ1) is 30.5. The van der Waals surface area contributed by atoms with Crippen LogP contribution >= 0.6 is 0 Å². The Labute approximate surface area is 244 Å². The number of anilines is 3. The minimum absolute atomic E-state index is 0.0859. The average molecular weight is 596 g/mol. The molecule has 0 aliphatic rings. The molecule has 1 N–H and O–H groups in total. The monoisotopic (exact) mass is 595 g/mol. The summed E-state index contributed by atoms with van der Waals surface area (Å²) in [5.41, 5.74) is 3.32. The van der Waals surface area contributed by atoms with E-state index in [4.69, 9.17) is 23.4 Å². The number of aromatic nitrogens is 3. The van der Waals surface area contributed by atoms with E-state index in [9.17, 15) is 13.2 Å². The molecule has 2 aromatic heterocycles. The number of carbonyl (C=O) groups is 1. The minimum Gasteiger partial charge on any atom is -0.497 e. The summed E-state index contributed by atoms with van der Waals surface area (Å²) < 4.78 is 44.4. The molecule has 222 valence electrons. The number of benzene rings is 2. The molecular formula is C29H33N5O7S. The smallest absolute Gasteiger partial charge is 0.413 e. The minimum atomic E-state index is -3.63. The summed E-state index contributed by atoms with van der Waals surface area (Å²) in [7, 11) is -0.527.